The molecule has 1 saturated heterocycles. The second-order valence-electron chi connectivity index (χ2n) is 5.95. The highest BCUT2D eigenvalue weighted by Gasteiger charge is 2.12. The Balaban J connectivity index is 1.88. The highest BCUT2D eigenvalue weighted by atomic mass is 16.5. The molecule has 0 atom stereocenters. The van der Waals surface area contributed by atoms with Crippen molar-refractivity contribution in [1.82, 2.24) is 10.2 Å². The predicted octanol–water partition coefficient (Wildman–Crippen LogP) is 0.887. The van der Waals surface area contributed by atoms with E-state index in [-0.39, 0.29) is 25.3 Å². The molecule has 0 radical (unpaired) electrons. The Hall–Kier alpha value is -2.32. The second kappa shape index (κ2) is 10.6. The zero-order valence-corrected chi connectivity index (χ0v) is 15.0. The molecule has 1 aliphatic heterocycles. The van der Waals surface area contributed by atoms with Crippen molar-refractivity contribution in [2.45, 2.75) is 19.4 Å². The van der Waals surface area contributed by atoms with E-state index in [0.29, 0.717) is 18.1 Å². The summed E-state index contributed by atoms with van der Waals surface area (Å²) in [7, 11) is 1.58. The first-order valence-electron chi connectivity index (χ1n) is 8.67. The summed E-state index contributed by atoms with van der Waals surface area (Å²) in [5.41, 5.74) is 0.816. The van der Waals surface area contributed by atoms with Gasteiger partial charge in [-0.25, -0.2) is 0 Å². The van der Waals surface area contributed by atoms with Gasteiger partial charge in [-0.2, -0.15) is 0 Å². The van der Waals surface area contributed by atoms with Gasteiger partial charge in [0.15, 0.2) is 0 Å². The molecule has 8 nitrogen and oxygen atoms in total. The third-order valence-electron chi connectivity index (χ3n) is 4.09. The molecule has 144 valence electrons. The van der Waals surface area contributed by atoms with Crippen LogP contribution in [0, 0.1) is 0 Å². The van der Waals surface area contributed by atoms with Gasteiger partial charge >= 0.3 is 5.97 Å². The molecule has 2 N–H and O–H groups in total. The van der Waals surface area contributed by atoms with Gasteiger partial charge in [-0.1, -0.05) is 0 Å². The summed E-state index contributed by atoms with van der Waals surface area (Å²) in [6.45, 7) is 4.87. The molecule has 0 aromatic heterocycles. The lowest BCUT2D eigenvalue weighted by atomic mass is 10.2. The van der Waals surface area contributed by atoms with Crippen molar-refractivity contribution in [3.63, 3.8) is 0 Å². The van der Waals surface area contributed by atoms with Gasteiger partial charge in [0.1, 0.15) is 18.1 Å². The summed E-state index contributed by atoms with van der Waals surface area (Å²) in [6, 6.07) is 5.42. The van der Waals surface area contributed by atoms with Gasteiger partial charge in [0.2, 0.25) is 5.91 Å². The maximum Gasteiger partial charge on any atom is 0.303 e. The molecule has 0 unspecified atom stereocenters. The summed E-state index contributed by atoms with van der Waals surface area (Å²) in [5.74, 6) is 0.0303. The van der Waals surface area contributed by atoms with Crippen LogP contribution in [0.1, 0.15) is 18.4 Å². The Morgan fingerprint density at radius 2 is 2.04 bits per heavy atom. The molecule has 0 bridgehead atoms. The maximum absolute atomic E-state index is 11.7. The highest BCUT2D eigenvalue weighted by Crippen LogP contribution is 2.25. The molecular weight excluding hydrogens is 340 g/mol. The minimum absolute atomic E-state index is 0.0429. The van der Waals surface area contributed by atoms with Gasteiger partial charge in [-0.15, -0.1) is 0 Å². The van der Waals surface area contributed by atoms with Gasteiger partial charge in [0, 0.05) is 44.2 Å². The minimum atomic E-state index is -0.989. The van der Waals surface area contributed by atoms with Crippen LogP contribution < -0.4 is 14.8 Å². The van der Waals surface area contributed by atoms with Crippen LogP contribution in [0.15, 0.2) is 18.2 Å². The van der Waals surface area contributed by atoms with Crippen LogP contribution in [0.3, 0.4) is 0 Å². The fraction of sp³-hybridized carbons (Fsp3) is 0.556. The molecular formula is C18H26N2O6. The van der Waals surface area contributed by atoms with Crippen molar-refractivity contribution in [1.29, 1.82) is 0 Å². The first-order valence-corrected chi connectivity index (χ1v) is 8.67. The monoisotopic (exact) mass is 366 g/mol. The maximum atomic E-state index is 11.7. The first-order chi connectivity index (χ1) is 12.6. The zero-order valence-electron chi connectivity index (χ0n) is 15.0. The van der Waals surface area contributed by atoms with Crippen molar-refractivity contribution in [3.8, 4) is 11.5 Å². The average molecular weight is 366 g/mol. The molecule has 0 spiro atoms. The molecule has 0 saturated carbocycles. The first kappa shape index (κ1) is 20.0. The molecule has 1 fully saturated rings. The van der Waals surface area contributed by atoms with Crippen LogP contribution in [-0.4, -0.2) is 68.4 Å². The van der Waals surface area contributed by atoms with Crippen LogP contribution in [-0.2, 0) is 20.9 Å². The Bertz CT molecular complexity index is 601. The smallest absolute Gasteiger partial charge is 0.303 e. The molecule has 1 aromatic rings. The van der Waals surface area contributed by atoms with E-state index in [1.807, 2.05) is 6.07 Å². The van der Waals surface area contributed by atoms with Gasteiger partial charge in [-0.05, 0) is 12.1 Å². The molecule has 1 amide bonds. The normalized spacial score (nSPS) is 14.7. The number of nitrogens with zero attached hydrogens (tertiary/aromatic N) is 1. The highest BCUT2D eigenvalue weighted by molar-refractivity contribution is 5.80. The van der Waals surface area contributed by atoms with Gasteiger partial charge < -0.3 is 24.6 Å². The van der Waals surface area contributed by atoms with Crippen molar-refractivity contribution in [2.75, 3.05) is 46.6 Å². The second-order valence-corrected chi connectivity index (χ2v) is 5.95. The molecule has 0 aliphatic carbocycles. The van der Waals surface area contributed by atoms with Crippen LogP contribution in [0.4, 0.5) is 0 Å². The number of hydrogen-bond donors (Lipinski definition) is 2. The van der Waals surface area contributed by atoms with Crippen molar-refractivity contribution in [3.05, 3.63) is 23.8 Å². The number of hydrogen-bond acceptors (Lipinski definition) is 6. The van der Waals surface area contributed by atoms with Gasteiger partial charge in [-0.3, -0.25) is 14.5 Å². The van der Waals surface area contributed by atoms with E-state index in [9.17, 15) is 9.59 Å². The molecule has 26 heavy (non-hydrogen) atoms. The quantitative estimate of drug-likeness (QED) is 0.635. The lowest BCUT2D eigenvalue weighted by Crippen LogP contribution is -2.38. The number of carbonyl (C=O) groups is 2. The van der Waals surface area contributed by atoms with Gasteiger partial charge in [0.05, 0.1) is 26.7 Å². The number of ether oxygens (including phenoxy) is 3. The molecule has 1 aromatic carbocycles. The lowest BCUT2D eigenvalue weighted by molar-refractivity contribution is -0.138. The standard InChI is InChI=1S/C18H26N2O6/c1-24-15-3-2-14(13-19-17(21)4-5-18(22)23)16(12-15)26-11-8-20-6-9-25-10-7-20/h2-3,12H,4-11,13H2,1H3,(H,19,21)(H,22,23). The van der Waals surface area contributed by atoms with E-state index in [1.165, 1.54) is 0 Å². The molecule has 8 heteroatoms. The Kier molecular flexibility index (Phi) is 8.17. The van der Waals surface area contributed by atoms with E-state index < -0.39 is 5.97 Å². The summed E-state index contributed by atoms with van der Waals surface area (Å²) in [5, 5.41) is 11.4. The zero-order chi connectivity index (χ0) is 18.8. The van der Waals surface area contributed by atoms with Crippen LogP contribution in [0.2, 0.25) is 0 Å². The minimum Gasteiger partial charge on any atom is -0.497 e. The summed E-state index contributed by atoms with van der Waals surface area (Å²) in [4.78, 5) is 24.5. The number of morpholine rings is 1. The predicted molar refractivity (Wildman–Crippen MR) is 94.5 cm³/mol. The number of rotatable bonds is 10. The third-order valence-corrected chi connectivity index (χ3v) is 4.09. The number of nitrogens with one attached hydrogen (secondary N) is 1. The molecule has 1 aliphatic rings. The molecule has 2 rings (SSSR count). The fourth-order valence-electron chi connectivity index (χ4n) is 2.55. The Morgan fingerprint density at radius 1 is 1.27 bits per heavy atom. The SMILES string of the molecule is COc1ccc(CNC(=O)CCC(=O)O)c(OCCN2CCOCC2)c1. The largest absolute Gasteiger partial charge is 0.497 e. The number of amides is 1. The summed E-state index contributed by atoms with van der Waals surface area (Å²) < 4.78 is 16.5. The number of carbonyl (C=O) groups excluding carboxylic acids is 1. The Morgan fingerprint density at radius 3 is 2.73 bits per heavy atom. The average Bonchev–Trinajstić information content (AvgIpc) is 2.66. The summed E-state index contributed by atoms with van der Waals surface area (Å²) in [6.07, 6.45) is -0.226. The van der Waals surface area contributed by atoms with Crippen molar-refractivity contribution in [2.24, 2.45) is 0 Å². The number of methoxy groups -OCH3 is 1. The number of benzene rings is 1. The van der Waals surface area contributed by atoms with E-state index in [0.717, 1.165) is 38.4 Å². The van der Waals surface area contributed by atoms with Crippen molar-refractivity contribution >= 4 is 11.9 Å². The summed E-state index contributed by atoms with van der Waals surface area (Å²) >= 11 is 0. The van der Waals surface area contributed by atoms with E-state index >= 15 is 0 Å². The van der Waals surface area contributed by atoms with E-state index in [1.54, 1.807) is 19.2 Å². The number of aliphatic carboxylic acids is 1. The molecule has 1 heterocycles. The van der Waals surface area contributed by atoms with Gasteiger partial charge in [0.25, 0.3) is 0 Å². The van der Waals surface area contributed by atoms with E-state index in [4.69, 9.17) is 19.3 Å². The third kappa shape index (κ3) is 6.89. The van der Waals surface area contributed by atoms with Crippen LogP contribution >= 0.6 is 0 Å². The van der Waals surface area contributed by atoms with Crippen molar-refractivity contribution < 1.29 is 28.9 Å². The lowest BCUT2D eigenvalue weighted by Gasteiger charge is -2.26. The fourth-order valence-corrected chi connectivity index (χ4v) is 2.55. The van der Waals surface area contributed by atoms with Crippen LogP contribution in [0.25, 0.3) is 0 Å². The van der Waals surface area contributed by atoms with E-state index in [2.05, 4.69) is 10.2 Å². The topological polar surface area (TPSA) is 97.3 Å². The van der Waals surface area contributed by atoms with Crippen LogP contribution in [0.5, 0.6) is 11.5 Å². The number of carboxylic acids is 1. The Labute approximate surface area is 153 Å². The number of carboxylic acid groups (broad SMARTS) is 1.